The first-order chi connectivity index (χ1) is 12.1. The van der Waals surface area contributed by atoms with Crippen LogP contribution >= 0.6 is 0 Å². The number of nitrogens with one attached hydrogen (secondary N) is 1. The number of hydrogen-bond donors (Lipinski definition) is 1. The normalized spacial score (nSPS) is 30.0. The molecule has 0 aromatic heterocycles. The molecule has 2 saturated heterocycles. The van der Waals surface area contributed by atoms with Crippen LogP contribution in [0.5, 0.6) is 0 Å². The Labute approximate surface area is 154 Å². The van der Waals surface area contributed by atoms with Gasteiger partial charge in [-0.3, -0.25) is 9.69 Å². The SMILES string of the molecule is CC(C)C1CCC(N2CCN(CCC(=O)N3CCNCC3)CC2)CC1. The summed E-state index contributed by atoms with van der Waals surface area (Å²) in [5.74, 6) is 2.15. The van der Waals surface area contributed by atoms with Gasteiger partial charge in [-0.05, 0) is 37.5 Å². The Bertz CT molecular complexity index is 406. The first-order valence-electron chi connectivity index (χ1n) is 10.6. The smallest absolute Gasteiger partial charge is 0.223 e. The van der Waals surface area contributed by atoms with Gasteiger partial charge in [-0.25, -0.2) is 0 Å². The molecule has 144 valence electrons. The van der Waals surface area contributed by atoms with Gasteiger partial charge in [0.25, 0.3) is 0 Å². The summed E-state index contributed by atoms with van der Waals surface area (Å²) in [6, 6.07) is 0.819. The van der Waals surface area contributed by atoms with E-state index in [-0.39, 0.29) is 0 Å². The van der Waals surface area contributed by atoms with Crippen molar-refractivity contribution >= 4 is 5.91 Å². The molecule has 0 radical (unpaired) electrons. The lowest BCUT2D eigenvalue weighted by molar-refractivity contribution is -0.132. The number of piperazine rings is 2. The molecule has 5 heteroatoms. The van der Waals surface area contributed by atoms with Crippen LogP contribution in [0.15, 0.2) is 0 Å². The van der Waals surface area contributed by atoms with Gasteiger partial charge in [0.15, 0.2) is 0 Å². The maximum atomic E-state index is 12.3. The summed E-state index contributed by atoms with van der Waals surface area (Å²) >= 11 is 0. The van der Waals surface area contributed by atoms with Gasteiger partial charge in [-0.1, -0.05) is 13.8 Å². The van der Waals surface area contributed by atoms with Crippen LogP contribution in [0.3, 0.4) is 0 Å². The molecule has 0 aromatic carbocycles. The second kappa shape index (κ2) is 9.33. The van der Waals surface area contributed by atoms with Crippen LogP contribution in [0.2, 0.25) is 0 Å². The predicted molar refractivity (Wildman–Crippen MR) is 103 cm³/mol. The molecule has 25 heavy (non-hydrogen) atoms. The first-order valence-corrected chi connectivity index (χ1v) is 10.6. The topological polar surface area (TPSA) is 38.8 Å². The third-order valence-electron chi connectivity index (χ3n) is 6.72. The minimum Gasteiger partial charge on any atom is -0.340 e. The van der Waals surface area contributed by atoms with Crippen LogP contribution in [0.4, 0.5) is 0 Å². The molecule has 1 aliphatic carbocycles. The van der Waals surface area contributed by atoms with Crippen LogP contribution in [0.1, 0.15) is 46.0 Å². The van der Waals surface area contributed by atoms with Crippen molar-refractivity contribution in [3.05, 3.63) is 0 Å². The van der Waals surface area contributed by atoms with Crippen LogP contribution in [-0.2, 0) is 4.79 Å². The fraction of sp³-hybridized carbons (Fsp3) is 0.950. The van der Waals surface area contributed by atoms with Gasteiger partial charge in [0.1, 0.15) is 0 Å². The van der Waals surface area contributed by atoms with Crippen molar-refractivity contribution < 1.29 is 4.79 Å². The molecular formula is C20H38N4O. The number of nitrogens with zero attached hydrogens (tertiary/aromatic N) is 3. The second-order valence-electron chi connectivity index (χ2n) is 8.57. The average molecular weight is 351 g/mol. The highest BCUT2D eigenvalue weighted by atomic mass is 16.2. The van der Waals surface area contributed by atoms with Gasteiger partial charge in [0, 0.05) is 71.4 Å². The van der Waals surface area contributed by atoms with Gasteiger partial charge in [0.2, 0.25) is 5.91 Å². The van der Waals surface area contributed by atoms with E-state index in [0.717, 1.165) is 63.7 Å². The molecule has 2 heterocycles. The maximum Gasteiger partial charge on any atom is 0.223 e. The lowest BCUT2D eigenvalue weighted by Crippen LogP contribution is -2.52. The molecule has 3 aliphatic rings. The van der Waals surface area contributed by atoms with Crippen molar-refractivity contribution in [2.24, 2.45) is 11.8 Å². The minimum absolute atomic E-state index is 0.343. The Kier molecular flexibility index (Phi) is 7.14. The lowest BCUT2D eigenvalue weighted by Gasteiger charge is -2.42. The van der Waals surface area contributed by atoms with Crippen molar-refractivity contribution in [1.29, 1.82) is 0 Å². The summed E-state index contributed by atoms with van der Waals surface area (Å²) in [5, 5.41) is 3.31. The van der Waals surface area contributed by atoms with E-state index in [9.17, 15) is 4.79 Å². The highest BCUT2D eigenvalue weighted by Gasteiger charge is 2.29. The number of amides is 1. The summed E-state index contributed by atoms with van der Waals surface area (Å²) < 4.78 is 0. The van der Waals surface area contributed by atoms with Crippen LogP contribution < -0.4 is 5.32 Å². The standard InChI is InChI=1S/C20H38N4O/c1-17(2)18-3-5-19(6-4-18)23-15-13-22(14-16-23)10-7-20(25)24-11-8-21-9-12-24/h17-19,21H,3-16H2,1-2H3. The molecule has 3 fully saturated rings. The Morgan fingerprint density at radius 1 is 0.960 bits per heavy atom. The monoisotopic (exact) mass is 350 g/mol. The molecule has 0 atom stereocenters. The van der Waals surface area contributed by atoms with Crippen molar-refractivity contribution in [1.82, 2.24) is 20.0 Å². The third-order valence-corrected chi connectivity index (χ3v) is 6.72. The molecule has 2 aliphatic heterocycles. The highest BCUT2D eigenvalue weighted by Crippen LogP contribution is 2.32. The quantitative estimate of drug-likeness (QED) is 0.818. The zero-order chi connectivity index (χ0) is 17.6. The van der Waals surface area contributed by atoms with Crippen molar-refractivity contribution in [2.45, 2.75) is 52.0 Å². The molecule has 0 spiro atoms. The van der Waals surface area contributed by atoms with E-state index in [4.69, 9.17) is 0 Å². The summed E-state index contributed by atoms with van der Waals surface area (Å²) in [4.78, 5) is 19.6. The molecule has 1 saturated carbocycles. The molecule has 5 nitrogen and oxygen atoms in total. The van der Waals surface area contributed by atoms with Crippen LogP contribution in [0, 0.1) is 11.8 Å². The van der Waals surface area contributed by atoms with E-state index in [1.165, 1.54) is 38.8 Å². The van der Waals surface area contributed by atoms with Crippen LogP contribution in [0.25, 0.3) is 0 Å². The Balaban J connectivity index is 1.33. The predicted octanol–water partition coefficient (Wildman–Crippen LogP) is 1.64. The number of carbonyl (C=O) groups excluding carboxylic acids is 1. The van der Waals surface area contributed by atoms with Gasteiger partial charge >= 0.3 is 0 Å². The highest BCUT2D eigenvalue weighted by molar-refractivity contribution is 5.76. The molecule has 0 aromatic rings. The van der Waals surface area contributed by atoms with Crippen molar-refractivity contribution in [2.75, 3.05) is 58.9 Å². The largest absolute Gasteiger partial charge is 0.340 e. The zero-order valence-electron chi connectivity index (χ0n) is 16.4. The van der Waals surface area contributed by atoms with Gasteiger partial charge in [-0.15, -0.1) is 0 Å². The fourth-order valence-corrected chi connectivity index (χ4v) is 4.81. The van der Waals surface area contributed by atoms with Crippen LogP contribution in [-0.4, -0.2) is 85.6 Å². The summed E-state index contributed by atoms with van der Waals surface area (Å²) in [6.07, 6.45) is 6.32. The van der Waals surface area contributed by atoms with E-state index >= 15 is 0 Å². The Hall–Kier alpha value is -0.650. The van der Waals surface area contributed by atoms with Crippen molar-refractivity contribution in [3.63, 3.8) is 0 Å². The molecule has 0 bridgehead atoms. The maximum absolute atomic E-state index is 12.3. The van der Waals surface area contributed by atoms with E-state index in [1.54, 1.807) is 0 Å². The summed E-state index contributed by atoms with van der Waals surface area (Å²) in [7, 11) is 0. The number of rotatable bonds is 5. The zero-order valence-corrected chi connectivity index (χ0v) is 16.4. The molecule has 1 N–H and O–H groups in total. The van der Waals surface area contributed by atoms with E-state index in [2.05, 4.69) is 29.0 Å². The average Bonchev–Trinajstić information content (AvgIpc) is 2.67. The lowest BCUT2D eigenvalue weighted by atomic mass is 9.79. The summed E-state index contributed by atoms with van der Waals surface area (Å²) in [6.45, 7) is 14.0. The van der Waals surface area contributed by atoms with E-state index in [0.29, 0.717) is 12.3 Å². The fourth-order valence-electron chi connectivity index (χ4n) is 4.81. The first kappa shape index (κ1) is 19.1. The Morgan fingerprint density at radius 2 is 1.60 bits per heavy atom. The van der Waals surface area contributed by atoms with Gasteiger partial charge in [0.05, 0.1) is 0 Å². The van der Waals surface area contributed by atoms with E-state index in [1.807, 2.05) is 4.90 Å². The van der Waals surface area contributed by atoms with Gasteiger partial charge < -0.3 is 15.1 Å². The summed E-state index contributed by atoms with van der Waals surface area (Å²) in [5.41, 5.74) is 0. The third kappa shape index (κ3) is 5.41. The molecule has 0 unspecified atom stereocenters. The molecular weight excluding hydrogens is 312 g/mol. The molecule has 3 rings (SSSR count). The number of hydrogen-bond acceptors (Lipinski definition) is 4. The minimum atomic E-state index is 0.343. The Morgan fingerprint density at radius 3 is 2.20 bits per heavy atom. The van der Waals surface area contributed by atoms with E-state index < -0.39 is 0 Å². The number of carbonyl (C=O) groups is 1. The molecule has 1 amide bonds. The van der Waals surface area contributed by atoms with Crippen molar-refractivity contribution in [3.8, 4) is 0 Å². The van der Waals surface area contributed by atoms with Gasteiger partial charge in [-0.2, -0.15) is 0 Å². The second-order valence-corrected chi connectivity index (χ2v) is 8.57.